The Bertz CT molecular complexity index is 989. The van der Waals surface area contributed by atoms with Crippen LogP contribution in [0.5, 0.6) is 0 Å². The van der Waals surface area contributed by atoms with Crippen molar-refractivity contribution in [3.8, 4) is 11.3 Å². The summed E-state index contributed by atoms with van der Waals surface area (Å²) in [7, 11) is 0. The molecular formula is C21H21N5O2. The van der Waals surface area contributed by atoms with Crippen LogP contribution in [-0.2, 0) is 17.8 Å². The fraction of sp³-hybridized carbons (Fsp3) is 0.143. The van der Waals surface area contributed by atoms with Crippen molar-refractivity contribution in [2.75, 3.05) is 5.32 Å². The summed E-state index contributed by atoms with van der Waals surface area (Å²) < 4.78 is 0. The smallest absolute Gasteiger partial charge is 0.269 e. The number of amides is 2. The van der Waals surface area contributed by atoms with Crippen LogP contribution in [0, 0.1) is 0 Å². The third-order valence-electron chi connectivity index (χ3n) is 4.20. The highest BCUT2D eigenvalue weighted by atomic mass is 16.2. The van der Waals surface area contributed by atoms with E-state index in [1.54, 1.807) is 18.2 Å². The average molecular weight is 375 g/mol. The van der Waals surface area contributed by atoms with Crippen molar-refractivity contribution >= 4 is 17.5 Å². The topological polar surface area (TPSA) is 124 Å². The van der Waals surface area contributed by atoms with Crippen molar-refractivity contribution in [3.05, 3.63) is 77.7 Å². The van der Waals surface area contributed by atoms with E-state index >= 15 is 0 Å². The van der Waals surface area contributed by atoms with Gasteiger partial charge in [-0.1, -0.05) is 42.5 Å². The number of carbonyl (C=O) groups excluding carboxylic acids is 2. The maximum absolute atomic E-state index is 12.2. The van der Waals surface area contributed by atoms with Gasteiger partial charge in [-0.25, -0.2) is 4.98 Å². The van der Waals surface area contributed by atoms with E-state index in [-0.39, 0.29) is 18.1 Å². The fourth-order valence-electron chi connectivity index (χ4n) is 2.78. The minimum absolute atomic E-state index is 0.0531. The van der Waals surface area contributed by atoms with Crippen molar-refractivity contribution in [2.45, 2.75) is 19.4 Å². The van der Waals surface area contributed by atoms with E-state index in [4.69, 9.17) is 11.5 Å². The number of nitrogens with two attached hydrogens (primary N) is 2. The van der Waals surface area contributed by atoms with Gasteiger partial charge in [0.1, 0.15) is 0 Å². The van der Waals surface area contributed by atoms with Gasteiger partial charge in [-0.15, -0.1) is 0 Å². The molecule has 0 saturated heterocycles. The predicted octanol–water partition coefficient (Wildman–Crippen LogP) is 2.27. The summed E-state index contributed by atoms with van der Waals surface area (Å²) in [6.07, 6.45) is 2.58. The highest BCUT2D eigenvalue weighted by molar-refractivity contribution is 5.93. The van der Waals surface area contributed by atoms with E-state index in [0.29, 0.717) is 35.5 Å². The number of carbonyl (C=O) groups is 2. The van der Waals surface area contributed by atoms with Crippen LogP contribution in [0.25, 0.3) is 11.3 Å². The largest absolute Gasteiger partial charge is 0.364 e. The summed E-state index contributed by atoms with van der Waals surface area (Å²) >= 11 is 0. The second kappa shape index (κ2) is 8.88. The molecule has 3 aromatic rings. The van der Waals surface area contributed by atoms with E-state index in [2.05, 4.69) is 15.3 Å². The van der Waals surface area contributed by atoms with Crippen molar-refractivity contribution < 1.29 is 9.59 Å². The van der Waals surface area contributed by atoms with E-state index in [1.807, 2.05) is 36.4 Å². The van der Waals surface area contributed by atoms with Crippen LogP contribution >= 0.6 is 0 Å². The zero-order valence-corrected chi connectivity index (χ0v) is 15.3. The first kappa shape index (κ1) is 19.2. The number of anilines is 1. The average Bonchev–Trinajstić information content (AvgIpc) is 2.72. The molecule has 0 aliphatic carbocycles. The quantitative estimate of drug-likeness (QED) is 0.584. The molecule has 0 fully saturated rings. The molecule has 0 radical (unpaired) electrons. The van der Waals surface area contributed by atoms with Gasteiger partial charge in [0.05, 0.1) is 17.6 Å². The Morgan fingerprint density at radius 1 is 1.04 bits per heavy atom. The summed E-state index contributed by atoms with van der Waals surface area (Å²) in [6.45, 7) is 0.0725. The number of nitrogens with zero attached hydrogens (tertiary/aromatic N) is 2. The summed E-state index contributed by atoms with van der Waals surface area (Å²) in [5.74, 6) is -0.761. The van der Waals surface area contributed by atoms with E-state index in [1.165, 1.54) is 6.20 Å². The third-order valence-corrected chi connectivity index (χ3v) is 4.20. The van der Waals surface area contributed by atoms with Crippen LogP contribution in [0.2, 0.25) is 0 Å². The molecule has 0 spiro atoms. The number of rotatable bonds is 7. The maximum Gasteiger partial charge on any atom is 0.269 e. The summed E-state index contributed by atoms with van der Waals surface area (Å²) in [5, 5.41) is 2.88. The summed E-state index contributed by atoms with van der Waals surface area (Å²) in [5.41, 5.74) is 14.3. The minimum atomic E-state index is -0.680. The minimum Gasteiger partial charge on any atom is -0.364 e. The van der Waals surface area contributed by atoms with Gasteiger partial charge in [0.25, 0.3) is 5.91 Å². The monoisotopic (exact) mass is 375 g/mol. The molecule has 7 heteroatoms. The molecule has 0 unspecified atom stereocenters. The Morgan fingerprint density at radius 3 is 2.54 bits per heavy atom. The lowest BCUT2D eigenvalue weighted by molar-refractivity contribution is -0.116. The molecule has 0 aliphatic heterocycles. The second-order valence-electron chi connectivity index (χ2n) is 6.23. The molecule has 2 amide bonds. The van der Waals surface area contributed by atoms with Crippen LogP contribution < -0.4 is 16.8 Å². The number of benzene rings is 2. The van der Waals surface area contributed by atoms with Crippen LogP contribution in [0.3, 0.4) is 0 Å². The molecule has 0 bridgehead atoms. The van der Waals surface area contributed by atoms with E-state index in [0.717, 1.165) is 5.56 Å². The molecule has 7 nitrogen and oxygen atoms in total. The van der Waals surface area contributed by atoms with Gasteiger partial charge in [0.2, 0.25) is 5.91 Å². The molecule has 1 heterocycles. The zero-order chi connectivity index (χ0) is 19.9. The van der Waals surface area contributed by atoms with Gasteiger partial charge in [-0.05, 0) is 24.1 Å². The first-order valence-corrected chi connectivity index (χ1v) is 8.87. The van der Waals surface area contributed by atoms with E-state index in [9.17, 15) is 9.59 Å². The third kappa shape index (κ3) is 4.77. The first-order valence-electron chi connectivity index (χ1n) is 8.87. The Kier molecular flexibility index (Phi) is 6.08. The molecule has 0 aliphatic rings. The molecule has 5 N–H and O–H groups in total. The van der Waals surface area contributed by atoms with Gasteiger partial charge in [-0.3, -0.25) is 14.6 Å². The highest BCUT2D eigenvalue weighted by Crippen LogP contribution is 2.21. The van der Waals surface area contributed by atoms with Crippen molar-refractivity contribution in [2.24, 2.45) is 11.5 Å². The van der Waals surface area contributed by atoms with Gasteiger partial charge < -0.3 is 16.8 Å². The van der Waals surface area contributed by atoms with Gasteiger partial charge in [0, 0.05) is 24.2 Å². The van der Waals surface area contributed by atoms with Crippen molar-refractivity contribution in [1.82, 2.24) is 9.97 Å². The molecular weight excluding hydrogens is 354 g/mol. The molecule has 2 aromatic carbocycles. The number of aryl methyl sites for hydroxylation is 1. The highest BCUT2D eigenvalue weighted by Gasteiger charge is 2.13. The molecule has 1 aromatic heterocycles. The van der Waals surface area contributed by atoms with Crippen LogP contribution in [0.1, 0.15) is 28.2 Å². The summed E-state index contributed by atoms with van der Waals surface area (Å²) in [6, 6.07) is 17.0. The summed E-state index contributed by atoms with van der Waals surface area (Å²) in [4.78, 5) is 32.3. The Hall–Kier alpha value is -3.58. The Balaban J connectivity index is 1.72. The lowest BCUT2D eigenvalue weighted by atomic mass is 10.1. The van der Waals surface area contributed by atoms with Crippen molar-refractivity contribution in [3.63, 3.8) is 0 Å². The normalized spacial score (nSPS) is 10.5. The fourth-order valence-corrected chi connectivity index (χ4v) is 2.78. The molecule has 3 rings (SSSR count). The lowest BCUT2D eigenvalue weighted by Crippen LogP contribution is -2.19. The SMILES string of the molecule is NCc1ncc(-c2cccc(NC(=O)CCc3ccccc3)c2)nc1C(N)=O. The van der Waals surface area contributed by atoms with Crippen molar-refractivity contribution in [1.29, 1.82) is 0 Å². The number of hydrogen-bond donors (Lipinski definition) is 3. The lowest BCUT2D eigenvalue weighted by Gasteiger charge is -2.09. The number of aromatic nitrogens is 2. The second-order valence-corrected chi connectivity index (χ2v) is 6.23. The Morgan fingerprint density at radius 2 is 1.82 bits per heavy atom. The number of primary amides is 1. The Labute approximate surface area is 162 Å². The molecule has 0 atom stereocenters. The number of hydrogen-bond acceptors (Lipinski definition) is 5. The number of nitrogens with one attached hydrogen (secondary N) is 1. The predicted molar refractivity (Wildman–Crippen MR) is 107 cm³/mol. The molecule has 0 saturated carbocycles. The van der Waals surface area contributed by atoms with E-state index < -0.39 is 5.91 Å². The van der Waals surface area contributed by atoms with Crippen LogP contribution in [-0.4, -0.2) is 21.8 Å². The van der Waals surface area contributed by atoms with Crippen LogP contribution in [0.15, 0.2) is 60.8 Å². The first-order chi connectivity index (χ1) is 13.6. The molecule has 28 heavy (non-hydrogen) atoms. The maximum atomic E-state index is 12.2. The van der Waals surface area contributed by atoms with Gasteiger partial charge in [-0.2, -0.15) is 0 Å². The van der Waals surface area contributed by atoms with Gasteiger partial charge in [0.15, 0.2) is 5.69 Å². The van der Waals surface area contributed by atoms with Crippen LogP contribution in [0.4, 0.5) is 5.69 Å². The standard InChI is InChI=1S/C21H21N5O2/c22-12-17-20(21(23)28)26-18(13-24-17)15-7-4-8-16(11-15)25-19(27)10-9-14-5-2-1-3-6-14/h1-8,11,13H,9-10,12,22H2,(H2,23,28)(H,25,27). The van der Waals surface area contributed by atoms with Gasteiger partial charge >= 0.3 is 0 Å². The molecule has 142 valence electrons. The zero-order valence-electron chi connectivity index (χ0n) is 15.3.